The lowest BCUT2D eigenvalue weighted by Crippen LogP contribution is -2.24. The molecule has 1 amide bonds. The van der Waals surface area contributed by atoms with Crippen LogP contribution in [0.2, 0.25) is 0 Å². The van der Waals surface area contributed by atoms with Crippen LogP contribution in [0.1, 0.15) is 21.5 Å². The van der Waals surface area contributed by atoms with E-state index in [9.17, 15) is 9.59 Å². The van der Waals surface area contributed by atoms with E-state index in [2.05, 4.69) is 17.2 Å². The number of carbonyl (C=O) groups is 2. The molecule has 0 aliphatic carbocycles. The average molecular weight is 353 g/mol. The zero-order valence-corrected chi connectivity index (χ0v) is 14.6. The van der Waals surface area contributed by atoms with E-state index in [4.69, 9.17) is 14.2 Å². The Bertz CT molecular complexity index is 796. The molecule has 26 heavy (non-hydrogen) atoms. The Morgan fingerprint density at radius 2 is 1.77 bits per heavy atom. The minimum atomic E-state index is -0.557. The Kier molecular flexibility index (Phi) is 7.07. The fourth-order valence-electron chi connectivity index (χ4n) is 2.15. The van der Waals surface area contributed by atoms with Gasteiger partial charge in [-0.2, -0.15) is 0 Å². The van der Waals surface area contributed by atoms with Crippen LogP contribution in [0.25, 0.3) is 0 Å². The van der Waals surface area contributed by atoms with Crippen molar-refractivity contribution in [3.05, 3.63) is 59.2 Å². The van der Waals surface area contributed by atoms with E-state index in [0.717, 1.165) is 5.56 Å². The van der Waals surface area contributed by atoms with Gasteiger partial charge in [0.25, 0.3) is 0 Å². The fourth-order valence-corrected chi connectivity index (χ4v) is 2.15. The monoisotopic (exact) mass is 353 g/mol. The van der Waals surface area contributed by atoms with Crippen molar-refractivity contribution in [1.29, 1.82) is 0 Å². The molecule has 0 aliphatic rings. The van der Waals surface area contributed by atoms with Gasteiger partial charge in [-0.3, -0.25) is 4.79 Å². The van der Waals surface area contributed by atoms with Gasteiger partial charge in [0.2, 0.25) is 0 Å². The zero-order valence-electron chi connectivity index (χ0n) is 14.6. The largest absolute Gasteiger partial charge is 0.495 e. The number of methoxy groups -OCH3 is 2. The van der Waals surface area contributed by atoms with E-state index >= 15 is 0 Å². The Morgan fingerprint density at radius 1 is 1.12 bits per heavy atom. The molecule has 0 bridgehead atoms. The van der Waals surface area contributed by atoms with Crippen LogP contribution in [-0.2, 0) is 11.3 Å². The number of alkyl carbamates (subject to hydrolysis) is 1. The summed E-state index contributed by atoms with van der Waals surface area (Å²) in [6.07, 6.45) is 0.144. The maximum absolute atomic E-state index is 11.7. The maximum atomic E-state index is 11.7. The molecule has 0 radical (unpaired) electrons. The topological polar surface area (TPSA) is 73.9 Å². The first-order valence-corrected chi connectivity index (χ1v) is 7.82. The number of carbonyl (C=O) groups excluding carboxylic acids is 2. The lowest BCUT2D eigenvalue weighted by atomic mass is 10.1. The summed E-state index contributed by atoms with van der Waals surface area (Å²) in [6, 6.07) is 12.5. The number of rotatable bonds is 6. The highest BCUT2D eigenvalue weighted by atomic mass is 16.5. The van der Waals surface area contributed by atoms with Crippen molar-refractivity contribution in [1.82, 2.24) is 5.32 Å². The third kappa shape index (κ3) is 5.28. The minimum absolute atomic E-state index is 0.0926. The molecule has 0 fully saturated rings. The number of nitrogens with one attached hydrogen (secondary N) is 1. The van der Waals surface area contributed by atoms with E-state index < -0.39 is 6.09 Å². The molecule has 134 valence electrons. The van der Waals surface area contributed by atoms with Crippen molar-refractivity contribution in [2.45, 2.75) is 6.61 Å². The van der Waals surface area contributed by atoms with Gasteiger partial charge >= 0.3 is 6.09 Å². The number of hydrogen-bond donors (Lipinski definition) is 1. The van der Waals surface area contributed by atoms with Crippen molar-refractivity contribution in [2.24, 2.45) is 0 Å². The third-order valence-corrected chi connectivity index (χ3v) is 3.41. The fraction of sp³-hybridized carbons (Fsp3) is 0.200. The molecule has 0 spiro atoms. The van der Waals surface area contributed by atoms with Gasteiger partial charge in [0.1, 0.15) is 30.0 Å². The highest BCUT2D eigenvalue weighted by Gasteiger charge is 2.10. The van der Waals surface area contributed by atoms with Gasteiger partial charge in [0, 0.05) is 5.56 Å². The predicted octanol–water partition coefficient (Wildman–Crippen LogP) is 2.79. The van der Waals surface area contributed by atoms with Gasteiger partial charge in [0.15, 0.2) is 0 Å². The molecule has 6 nitrogen and oxygen atoms in total. The molecule has 0 aromatic heterocycles. The maximum Gasteiger partial charge on any atom is 0.408 e. The molecule has 0 saturated carbocycles. The summed E-state index contributed by atoms with van der Waals surface area (Å²) < 4.78 is 15.6. The third-order valence-electron chi connectivity index (χ3n) is 3.41. The first kappa shape index (κ1) is 18.9. The lowest BCUT2D eigenvalue weighted by Gasteiger charge is -2.09. The summed E-state index contributed by atoms with van der Waals surface area (Å²) in [4.78, 5) is 22.6. The van der Waals surface area contributed by atoms with Crippen molar-refractivity contribution in [3.63, 3.8) is 0 Å². The van der Waals surface area contributed by atoms with Crippen LogP contribution in [-0.4, -0.2) is 33.1 Å². The molecular formula is C20H19NO5. The predicted molar refractivity (Wildman–Crippen MR) is 96.4 cm³/mol. The zero-order chi connectivity index (χ0) is 18.8. The van der Waals surface area contributed by atoms with Crippen molar-refractivity contribution in [3.8, 4) is 23.3 Å². The summed E-state index contributed by atoms with van der Waals surface area (Å²) in [5, 5.41) is 2.55. The molecule has 2 aromatic rings. The van der Waals surface area contributed by atoms with E-state index in [1.54, 1.807) is 12.1 Å². The molecule has 0 atom stereocenters. The van der Waals surface area contributed by atoms with Crippen LogP contribution < -0.4 is 14.8 Å². The van der Waals surface area contributed by atoms with Crippen LogP contribution in [0.3, 0.4) is 0 Å². The number of hydrogen-bond acceptors (Lipinski definition) is 5. The molecule has 2 rings (SSSR count). The highest BCUT2D eigenvalue weighted by molar-refractivity contribution is 5.78. The molecule has 0 aliphatic heterocycles. The molecule has 6 heteroatoms. The summed E-state index contributed by atoms with van der Waals surface area (Å²) in [5.41, 5.74) is 1.82. The number of benzene rings is 2. The van der Waals surface area contributed by atoms with Crippen LogP contribution >= 0.6 is 0 Å². The summed E-state index contributed by atoms with van der Waals surface area (Å²) in [6.45, 7) is 0.282. The van der Waals surface area contributed by atoms with Crippen LogP contribution in [0, 0.1) is 11.8 Å². The number of ether oxygens (including phenoxy) is 3. The normalized spacial score (nSPS) is 9.46. The summed E-state index contributed by atoms with van der Waals surface area (Å²) in [5.74, 6) is 6.53. The van der Waals surface area contributed by atoms with Gasteiger partial charge in [-0.1, -0.05) is 42.2 Å². The SMILES string of the molecule is COc1cc(C=O)cc(OC)c1C#CCNC(=O)OCc1ccccc1. The quantitative estimate of drug-likeness (QED) is 0.638. The lowest BCUT2D eigenvalue weighted by molar-refractivity contribution is 0.112. The number of amides is 1. The second-order valence-corrected chi connectivity index (χ2v) is 5.14. The molecule has 0 heterocycles. The van der Waals surface area contributed by atoms with Gasteiger partial charge < -0.3 is 19.5 Å². The Balaban J connectivity index is 1.95. The molecule has 0 saturated heterocycles. The summed E-state index contributed by atoms with van der Waals surface area (Å²) in [7, 11) is 2.96. The second-order valence-electron chi connectivity index (χ2n) is 5.14. The minimum Gasteiger partial charge on any atom is -0.495 e. The molecular weight excluding hydrogens is 334 g/mol. The van der Waals surface area contributed by atoms with Crippen LogP contribution in [0.4, 0.5) is 4.79 Å². The Hall–Kier alpha value is -3.46. The average Bonchev–Trinajstić information content (AvgIpc) is 2.69. The second kappa shape index (κ2) is 9.74. The van der Waals surface area contributed by atoms with Crippen LogP contribution in [0.15, 0.2) is 42.5 Å². The van der Waals surface area contributed by atoms with Gasteiger partial charge in [-0.25, -0.2) is 4.79 Å². The molecule has 0 unspecified atom stereocenters. The molecule has 1 N–H and O–H groups in total. The summed E-state index contributed by atoms with van der Waals surface area (Å²) >= 11 is 0. The van der Waals surface area contributed by atoms with E-state index in [-0.39, 0.29) is 13.2 Å². The Morgan fingerprint density at radius 3 is 2.35 bits per heavy atom. The Labute approximate surface area is 152 Å². The van der Waals surface area contributed by atoms with Gasteiger partial charge in [-0.05, 0) is 17.7 Å². The highest BCUT2D eigenvalue weighted by Crippen LogP contribution is 2.29. The van der Waals surface area contributed by atoms with Gasteiger partial charge in [0.05, 0.1) is 20.8 Å². The van der Waals surface area contributed by atoms with E-state index in [1.807, 2.05) is 30.3 Å². The first-order valence-electron chi connectivity index (χ1n) is 7.82. The van der Waals surface area contributed by atoms with Crippen molar-refractivity contribution >= 4 is 12.4 Å². The van der Waals surface area contributed by atoms with E-state index in [1.165, 1.54) is 14.2 Å². The number of aldehydes is 1. The smallest absolute Gasteiger partial charge is 0.408 e. The molecule has 2 aromatic carbocycles. The standard InChI is InChI=1S/C20H19NO5/c1-24-18-11-16(13-22)12-19(25-2)17(18)9-6-10-21-20(23)26-14-15-7-4-3-5-8-15/h3-5,7-8,11-13H,10,14H2,1-2H3,(H,21,23). The van der Waals surface area contributed by atoms with Gasteiger partial charge in [-0.15, -0.1) is 0 Å². The van der Waals surface area contributed by atoms with E-state index in [0.29, 0.717) is 28.9 Å². The van der Waals surface area contributed by atoms with Crippen LogP contribution in [0.5, 0.6) is 11.5 Å². The first-order chi connectivity index (χ1) is 12.7. The van der Waals surface area contributed by atoms with Crippen molar-refractivity contribution in [2.75, 3.05) is 20.8 Å². The van der Waals surface area contributed by atoms with Crippen molar-refractivity contribution < 1.29 is 23.8 Å².